The minimum atomic E-state index is -5.33. The van der Waals surface area contributed by atoms with E-state index in [4.69, 9.17) is 28.4 Å². The van der Waals surface area contributed by atoms with Crippen LogP contribution in [0.1, 0.15) is 23.0 Å². The van der Waals surface area contributed by atoms with Gasteiger partial charge in [0, 0.05) is 0 Å². The first-order chi connectivity index (χ1) is 15.9. The van der Waals surface area contributed by atoms with Gasteiger partial charge >= 0.3 is 12.4 Å². The van der Waals surface area contributed by atoms with Gasteiger partial charge in [-0.2, -0.15) is 26.3 Å². The summed E-state index contributed by atoms with van der Waals surface area (Å²) in [5, 5.41) is 0. The van der Waals surface area contributed by atoms with Crippen LogP contribution in [0.15, 0.2) is 24.3 Å². The van der Waals surface area contributed by atoms with Crippen LogP contribution in [0.3, 0.4) is 0 Å². The standard InChI is InChI=1S/C22H24F6O6/c1-29-13-7-11(8-14(30-2)19(13)33-5)17(21(23,24)25)18(22(26,27)28)12-9-15(31-3)20(34-6)16(10-12)32-4/h7-10,17-18H,1-6H3. The Hall–Kier alpha value is -3.18. The summed E-state index contributed by atoms with van der Waals surface area (Å²) < 4.78 is 116. The van der Waals surface area contributed by atoms with Crippen LogP contribution < -0.4 is 28.4 Å². The third-order valence-corrected chi connectivity index (χ3v) is 5.13. The molecule has 0 amide bonds. The van der Waals surface area contributed by atoms with Gasteiger partial charge in [-0.25, -0.2) is 0 Å². The molecule has 0 radical (unpaired) electrons. The van der Waals surface area contributed by atoms with Crippen LogP contribution in [0, 0.1) is 0 Å². The van der Waals surface area contributed by atoms with E-state index in [2.05, 4.69) is 0 Å². The Morgan fingerprint density at radius 2 is 0.706 bits per heavy atom. The molecule has 34 heavy (non-hydrogen) atoms. The predicted molar refractivity (Wildman–Crippen MR) is 110 cm³/mol. The van der Waals surface area contributed by atoms with Crippen LogP contribution in [0.2, 0.25) is 0 Å². The maximum Gasteiger partial charge on any atom is 0.396 e. The van der Waals surface area contributed by atoms with E-state index in [1.54, 1.807) is 0 Å². The van der Waals surface area contributed by atoms with E-state index in [0.29, 0.717) is 0 Å². The fourth-order valence-corrected chi connectivity index (χ4v) is 3.70. The van der Waals surface area contributed by atoms with Crippen LogP contribution in [0.5, 0.6) is 34.5 Å². The van der Waals surface area contributed by atoms with Gasteiger partial charge in [0.05, 0.1) is 54.5 Å². The molecule has 12 heteroatoms. The zero-order valence-electron chi connectivity index (χ0n) is 19.2. The third kappa shape index (κ3) is 5.31. The van der Waals surface area contributed by atoms with Crippen molar-refractivity contribution in [2.24, 2.45) is 0 Å². The van der Waals surface area contributed by atoms with Gasteiger partial charge in [-0.05, 0) is 35.4 Å². The normalized spacial score (nSPS) is 13.6. The van der Waals surface area contributed by atoms with Gasteiger partial charge in [-0.15, -0.1) is 0 Å². The largest absolute Gasteiger partial charge is 0.493 e. The lowest BCUT2D eigenvalue weighted by Crippen LogP contribution is -2.35. The van der Waals surface area contributed by atoms with E-state index in [0.717, 1.165) is 52.7 Å². The van der Waals surface area contributed by atoms with Gasteiger partial charge in [0.25, 0.3) is 0 Å². The molecule has 0 aromatic heterocycles. The molecular weight excluding hydrogens is 474 g/mol. The molecule has 0 fully saturated rings. The van der Waals surface area contributed by atoms with Gasteiger partial charge in [-0.1, -0.05) is 0 Å². The summed E-state index contributed by atoms with van der Waals surface area (Å²) in [5.41, 5.74) is -1.48. The highest BCUT2D eigenvalue weighted by Crippen LogP contribution is 2.55. The van der Waals surface area contributed by atoms with E-state index in [1.807, 2.05) is 0 Å². The predicted octanol–water partition coefficient (Wildman–Crippen LogP) is 5.73. The zero-order chi connectivity index (χ0) is 25.8. The Labute approximate surface area is 192 Å². The Morgan fingerprint density at radius 3 is 0.853 bits per heavy atom. The van der Waals surface area contributed by atoms with Crippen LogP contribution >= 0.6 is 0 Å². The lowest BCUT2D eigenvalue weighted by Gasteiger charge is -2.32. The summed E-state index contributed by atoms with van der Waals surface area (Å²) in [6.45, 7) is 0. The SMILES string of the molecule is COc1cc(C(C(c2cc(OC)c(OC)c(OC)c2)C(F)(F)F)C(F)(F)F)cc(OC)c1OC. The highest BCUT2D eigenvalue weighted by molar-refractivity contribution is 5.57. The summed E-state index contributed by atoms with van der Waals surface area (Å²) in [6, 6.07) is 3.37. The Kier molecular flexibility index (Phi) is 8.27. The molecule has 0 spiro atoms. The first kappa shape index (κ1) is 27.1. The molecule has 2 aromatic rings. The molecule has 0 heterocycles. The van der Waals surface area contributed by atoms with Gasteiger partial charge in [0.2, 0.25) is 11.5 Å². The van der Waals surface area contributed by atoms with Crippen LogP contribution in [0.4, 0.5) is 26.3 Å². The fraction of sp³-hybridized carbons (Fsp3) is 0.455. The lowest BCUT2D eigenvalue weighted by atomic mass is 9.79. The number of hydrogen-bond donors (Lipinski definition) is 0. The Bertz CT molecular complexity index is 859. The van der Waals surface area contributed by atoms with E-state index in [1.165, 1.54) is 14.2 Å². The summed E-state index contributed by atoms with van der Waals surface area (Å²) in [7, 11) is 7.01. The molecule has 0 N–H and O–H groups in total. The van der Waals surface area contributed by atoms with Crippen molar-refractivity contribution >= 4 is 0 Å². The van der Waals surface area contributed by atoms with Crippen molar-refractivity contribution in [3.63, 3.8) is 0 Å². The topological polar surface area (TPSA) is 55.4 Å². The average Bonchev–Trinajstić information content (AvgIpc) is 2.78. The lowest BCUT2D eigenvalue weighted by molar-refractivity contribution is -0.211. The van der Waals surface area contributed by atoms with Crippen molar-refractivity contribution in [1.82, 2.24) is 0 Å². The van der Waals surface area contributed by atoms with Crippen LogP contribution in [0.25, 0.3) is 0 Å². The zero-order valence-corrected chi connectivity index (χ0v) is 19.2. The first-order valence-corrected chi connectivity index (χ1v) is 9.61. The van der Waals surface area contributed by atoms with Crippen molar-refractivity contribution in [3.05, 3.63) is 35.4 Å². The first-order valence-electron chi connectivity index (χ1n) is 9.61. The molecule has 0 aliphatic rings. The molecule has 2 aromatic carbocycles. The molecule has 2 rings (SSSR count). The van der Waals surface area contributed by atoms with Crippen molar-refractivity contribution in [2.75, 3.05) is 42.7 Å². The number of hydrogen-bond acceptors (Lipinski definition) is 6. The van der Waals surface area contributed by atoms with Gasteiger partial charge < -0.3 is 28.4 Å². The smallest absolute Gasteiger partial charge is 0.396 e. The maximum atomic E-state index is 14.3. The minimum absolute atomic E-state index is 0.0639. The minimum Gasteiger partial charge on any atom is -0.493 e. The van der Waals surface area contributed by atoms with Gasteiger partial charge in [0.1, 0.15) is 0 Å². The monoisotopic (exact) mass is 498 g/mol. The summed E-state index contributed by atoms with van der Waals surface area (Å²) in [6.07, 6.45) is -10.7. The summed E-state index contributed by atoms with van der Waals surface area (Å²) >= 11 is 0. The van der Waals surface area contributed by atoms with E-state index in [9.17, 15) is 26.3 Å². The maximum absolute atomic E-state index is 14.3. The van der Waals surface area contributed by atoms with Crippen LogP contribution in [-0.2, 0) is 0 Å². The van der Waals surface area contributed by atoms with E-state index < -0.39 is 35.3 Å². The number of methoxy groups -OCH3 is 6. The molecule has 0 aliphatic carbocycles. The average molecular weight is 498 g/mol. The third-order valence-electron chi connectivity index (χ3n) is 5.13. The Balaban J connectivity index is 2.90. The quantitative estimate of drug-likeness (QED) is 0.412. The highest BCUT2D eigenvalue weighted by Gasteiger charge is 2.57. The van der Waals surface area contributed by atoms with Crippen molar-refractivity contribution in [1.29, 1.82) is 0 Å². The highest BCUT2D eigenvalue weighted by atomic mass is 19.4. The number of ether oxygens (including phenoxy) is 6. The second kappa shape index (κ2) is 10.4. The number of alkyl halides is 6. The summed E-state index contributed by atoms with van der Waals surface area (Å²) in [5.74, 6) is -7.10. The summed E-state index contributed by atoms with van der Waals surface area (Å²) in [4.78, 5) is 0. The molecule has 2 unspecified atom stereocenters. The molecule has 0 aliphatic heterocycles. The number of halogens is 6. The second-order valence-electron chi connectivity index (χ2n) is 6.96. The number of rotatable bonds is 9. The molecule has 0 saturated carbocycles. The molecular formula is C22H24F6O6. The molecule has 0 saturated heterocycles. The fourth-order valence-electron chi connectivity index (χ4n) is 3.70. The van der Waals surface area contributed by atoms with Crippen molar-refractivity contribution in [2.45, 2.75) is 24.2 Å². The molecule has 0 bridgehead atoms. The number of benzene rings is 2. The van der Waals surface area contributed by atoms with Crippen molar-refractivity contribution < 1.29 is 54.8 Å². The molecule has 6 nitrogen and oxygen atoms in total. The van der Waals surface area contributed by atoms with E-state index in [-0.39, 0.29) is 34.5 Å². The molecule has 2 atom stereocenters. The van der Waals surface area contributed by atoms with E-state index >= 15 is 0 Å². The van der Waals surface area contributed by atoms with Gasteiger partial charge in [0.15, 0.2) is 23.0 Å². The van der Waals surface area contributed by atoms with Gasteiger partial charge in [-0.3, -0.25) is 0 Å². The van der Waals surface area contributed by atoms with Crippen molar-refractivity contribution in [3.8, 4) is 34.5 Å². The van der Waals surface area contributed by atoms with Crippen LogP contribution in [-0.4, -0.2) is 55.0 Å². The Morgan fingerprint density at radius 1 is 0.471 bits per heavy atom. The molecule has 190 valence electrons. The second-order valence-corrected chi connectivity index (χ2v) is 6.96.